The largest absolute Gasteiger partial charge is 0.464 e. The van der Waals surface area contributed by atoms with Crippen molar-refractivity contribution in [2.75, 3.05) is 33.9 Å². The number of halogens is 6. The lowest BCUT2D eigenvalue weighted by atomic mass is 10.0. The Balaban J connectivity index is 0.000000991. The number of likely N-dealkylation sites (N-methyl/N-ethyl adjacent to an activating group) is 1. The van der Waals surface area contributed by atoms with Crippen LogP contribution in [0.4, 0.5) is 26.3 Å². The standard InChI is InChI=1S/C19H29F3N2O3.C17H22F3NO4.C3H8/c1-6-27-18(26)16(8-7-13(2)3)24-12-14(9-10-23(4)5)15(11-17(24)25)19(20,21)22;1-4-25-16(24)14(6-5-11(2)3)21-10-12(7-8-22)13(9-15(21)23)17(18,19)20;1-3-2/h11-13,16H,6-10H2,1-5H3;8-11,14H,4-7H2,1-3H3;3H2,1-2H3. The van der Waals surface area contributed by atoms with Crippen molar-refractivity contribution >= 4 is 18.2 Å². The lowest BCUT2D eigenvalue weighted by molar-refractivity contribution is -0.148. The average molecular weight is 796 g/mol. The van der Waals surface area contributed by atoms with Crippen molar-refractivity contribution in [3.05, 3.63) is 67.5 Å². The first kappa shape index (κ1) is 51.0. The molecule has 2 aromatic rings. The maximum absolute atomic E-state index is 13.4. The van der Waals surface area contributed by atoms with Gasteiger partial charge in [-0.05, 0) is 83.0 Å². The van der Waals surface area contributed by atoms with Crippen LogP contribution in [0.15, 0.2) is 34.1 Å². The number of nitrogens with zero attached hydrogens (tertiary/aromatic N) is 3. The molecule has 16 heteroatoms. The predicted molar refractivity (Wildman–Crippen MR) is 199 cm³/mol. The van der Waals surface area contributed by atoms with Gasteiger partial charge in [-0.1, -0.05) is 48.0 Å². The van der Waals surface area contributed by atoms with Crippen LogP contribution in [0.1, 0.15) is 122 Å². The molecule has 0 aliphatic carbocycles. The fourth-order valence-electron chi connectivity index (χ4n) is 5.19. The van der Waals surface area contributed by atoms with Gasteiger partial charge in [0.1, 0.15) is 18.4 Å². The van der Waals surface area contributed by atoms with Crippen molar-refractivity contribution in [3.8, 4) is 0 Å². The summed E-state index contributed by atoms with van der Waals surface area (Å²) < 4.78 is 91.3. The molecule has 0 fully saturated rings. The van der Waals surface area contributed by atoms with E-state index in [1.165, 1.54) is 12.6 Å². The van der Waals surface area contributed by atoms with E-state index < -0.39 is 65.0 Å². The van der Waals surface area contributed by atoms with Crippen LogP contribution in [-0.2, 0) is 49.1 Å². The lowest BCUT2D eigenvalue weighted by Crippen LogP contribution is -2.33. The fourth-order valence-corrected chi connectivity index (χ4v) is 5.19. The minimum atomic E-state index is -4.76. The van der Waals surface area contributed by atoms with Crippen LogP contribution in [0, 0.1) is 11.8 Å². The Morgan fingerprint density at radius 2 is 1.07 bits per heavy atom. The summed E-state index contributed by atoms with van der Waals surface area (Å²) in [6.45, 7) is 15.9. The molecule has 0 bridgehead atoms. The van der Waals surface area contributed by atoms with Gasteiger partial charge in [0.25, 0.3) is 11.1 Å². The first-order valence-electron chi connectivity index (χ1n) is 18.6. The predicted octanol–water partition coefficient (Wildman–Crippen LogP) is 8.08. The summed E-state index contributed by atoms with van der Waals surface area (Å²) in [6, 6.07) is -0.935. The number of alkyl halides is 6. The van der Waals surface area contributed by atoms with E-state index in [1.807, 2.05) is 27.7 Å². The van der Waals surface area contributed by atoms with Gasteiger partial charge in [-0.15, -0.1) is 0 Å². The smallest absolute Gasteiger partial charge is 0.416 e. The molecule has 10 nitrogen and oxygen atoms in total. The van der Waals surface area contributed by atoms with Crippen molar-refractivity contribution in [1.82, 2.24) is 14.0 Å². The van der Waals surface area contributed by atoms with Crippen molar-refractivity contribution in [3.63, 3.8) is 0 Å². The van der Waals surface area contributed by atoms with Crippen molar-refractivity contribution in [1.29, 1.82) is 0 Å². The molecule has 0 aliphatic heterocycles. The van der Waals surface area contributed by atoms with Gasteiger partial charge in [-0.3, -0.25) is 9.59 Å². The van der Waals surface area contributed by atoms with Gasteiger partial charge in [0.15, 0.2) is 0 Å². The summed E-state index contributed by atoms with van der Waals surface area (Å²) >= 11 is 0. The molecule has 0 saturated heterocycles. The van der Waals surface area contributed by atoms with Gasteiger partial charge in [0.05, 0.1) is 24.3 Å². The van der Waals surface area contributed by atoms with E-state index in [1.54, 1.807) is 32.8 Å². The summed E-state index contributed by atoms with van der Waals surface area (Å²) in [5.41, 5.74) is -4.26. The zero-order valence-electron chi connectivity index (χ0n) is 33.7. The highest BCUT2D eigenvalue weighted by Crippen LogP contribution is 2.33. The quantitative estimate of drug-likeness (QED) is 0.0897. The maximum Gasteiger partial charge on any atom is 0.416 e. The van der Waals surface area contributed by atoms with Crippen LogP contribution in [0.5, 0.6) is 0 Å². The van der Waals surface area contributed by atoms with Gasteiger partial charge in [-0.2, -0.15) is 26.3 Å². The molecule has 0 saturated carbocycles. The van der Waals surface area contributed by atoms with Crippen LogP contribution in [0.2, 0.25) is 0 Å². The molecule has 314 valence electrons. The van der Waals surface area contributed by atoms with Crippen molar-refractivity contribution < 1.29 is 50.2 Å². The van der Waals surface area contributed by atoms with Crippen molar-refractivity contribution in [2.24, 2.45) is 11.8 Å². The average Bonchev–Trinajstić information content (AvgIpc) is 3.05. The van der Waals surface area contributed by atoms with Crippen molar-refractivity contribution in [2.45, 2.75) is 125 Å². The summed E-state index contributed by atoms with van der Waals surface area (Å²) in [5, 5.41) is 0. The Hall–Kier alpha value is -3.95. The third kappa shape index (κ3) is 18.0. The van der Waals surface area contributed by atoms with Crippen LogP contribution < -0.4 is 11.1 Å². The van der Waals surface area contributed by atoms with Gasteiger partial charge in [0, 0.05) is 37.5 Å². The highest BCUT2D eigenvalue weighted by Gasteiger charge is 2.36. The number of pyridine rings is 2. The highest BCUT2D eigenvalue weighted by atomic mass is 19.4. The fraction of sp³-hybridized carbons (Fsp3) is 0.667. The van der Waals surface area contributed by atoms with Gasteiger partial charge >= 0.3 is 24.3 Å². The molecule has 2 heterocycles. The maximum atomic E-state index is 13.4. The molecule has 0 aromatic carbocycles. The second-order valence-electron chi connectivity index (χ2n) is 14.0. The number of carbonyl (C=O) groups is 3. The minimum Gasteiger partial charge on any atom is -0.464 e. The monoisotopic (exact) mass is 795 g/mol. The molecule has 2 unspecified atom stereocenters. The Morgan fingerprint density at radius 3 is 1.38 bits per heavy atom. The molecule has 2 rings (SSSR count). The summed E-state index contributed by atoms with van der Waals surface area (Å²) in [4.78, 5) is 61.6. The van der Waals surface area contributed by atoms with Crippen LogP contribution >= 0.6 is 0 Å². The molecule has 0 aliphatic rings. The van der Waals surface area contributed by atoms with E-state index in [9.17, 15) is 50.3 Å². The molecule has 2 atom stereocenters. The third-order valence-corrected chi connectivity index (χ3v) is 7.89. The number of ether oxygens (including phenoxy) is 2. The Morgan fingerprint density at radius 1 is 0.709 bits per heavy atom. The van der Waals surface area contributed by atoms with E-state index in [2.05, 4.69) is 13.8 Å². The molecule has 55 heavy (non-hydrogen) atoms. The summed E-state index contributed by atoms with van der Waals surface area (Å²) in [6.07, 6.45) is -4.27. The molecule has 2 aromatic heterocycles. The number of hydrogen-bond donors (Lipinski definition) is 0. The number of rotatable bonds is 17. The molecule has 0 amide bonds. The Kier molecular flexibility index (Phi) is 22.8. The number of carbonyl (C=O) groups excluding carboxylic acids is 3. The normalized spacial score (nSPS) is 12.7. The number of aromatic nitrogens is 2. The number of esters is 2. The van der Waals surface area contributed by atoms with E-state index in [-0.39, 0.29) is 49.0 Å². The zero-order chi connectivity index (χ0) is 42.7. The SMILES string of the molecule is CCC.CCOC(=O)C(CCC(C)C)n1cc(CC=O)c(C(F)(F)F)cc1=O.CCOC(=O)C(CCC(C)C)n1cc(CCN(C)C)c(C(F)(F)F)cc1=O. The topological polar surface area (TPSA) is 117 Å². The number of aldehydes is 1. The first-order chi connectivity index (χ1) is 25.5. The Labute approximate surface area is 320 Å². The van der Waals surface area contributed by atoms with E-state index >= 15 is 0 Å². The number of hydrogen-bond acceptors (Lipinski definition) is 8. The molecule has 0 radical (unpaired) electrons. The molecule has 0 N–H and O–H groups in total. The van der Waals surface area contributed by atoms with Gasteiger partial charge in [-0.25, -0.2) is 9.59 Å². The van der Waals surface area contributed by atoms with E-state index in [0.29, 0.717) is 44.2 Å². The Bertz CT molecular complexity index is 1600. The zero-order valence-corrected chi connectivity index (χ0v) is 33.7. The molecular formula is C39H59F6N3O7. The van der Waals surface area contributed by atoms with Crippen LogP contribution in [0.3, 0.4) is 0 Å². The minimum absolute atomic E-state index is 0.00496. The molecule has 0 spiro atoms. The van der Waals surface area contributed by atoms with Gasteiger partial charge < -0.3 is 28.3 Å². The van der Waals surface area contributed by atoms with Gasteiger partial charge in [0.2, 0.25) is 0 Å². The third-order valence-electron chi connectivity index (χ3n) is 7.89. The summed E-state index contributed by atoms with van der Waals surface area (Å²) in [5.74, 6) is -0.766. The highest BCUT2D eigenvalue weighted by molar-refractivity contribution is 5.74. The summed E-state index contributed by atoms with van der Waals surface area (Å²) in [7, 11) is 3.51. The second-order valence-corrected chi connectivity index (χ2v) is 14.0. The van der Waals surface area contributed by atoms with Crippen LogP contribution in [0.25, 0.3) is 0 Å². The first-order valence-corrected chi connectivity index (χ1v) is 18.6. The lowest BCUT2D eigenvalue weighted by Gasteiger charge is -2.22. The second kappa shape index (κ2) is 24.5. The van der Waals surface area contributed by atoms with E-state index in [0.717, 1.165) is 15.3 Å². The van der Waals surface area contributed by atoms with E-state index in [4.69, 9.17) is 9.47 Å². The van der Waals surface area contributed by atoms with Crippen LogP contribution in [-0.4, -0.2) is 66.1 Å². The molecular weight excluding hydrogens is 736 g/mol.